The topological polar surface area (TPSA) is 3.24 Å². The molecule has 0 spiro atoms. The predicted molar refractivity (Wildman–Crippen MR) is 49.3 cm³/mol. The van der Waals surface area contributed by atoms with Crippen molar-refractivity contribution in [3.63, 3.8) is 0 Å². The molecule has 0 atom stereocenters. The minimum absolute atomic E-state index is 0.163. The van der Waals surface area contributed by atoms with Crippen LogP contribution in [0.3, 0.4) is 0 Å². The van der Waals surface area contributed by atoms with Gasteiger partial charge in [0.25, 0.3) is 0 Å². The molecular formula is C9H9BrFN. The molecule has 1 aromatic rings. The zero-order valence-corrected chi connectivity index (χ0v) is 8.36. The van der Waals surface area contributed by atoms with Gasteiger partial charge < -0.3 is 0 Å². The summed E-state index contributed by atoms with van der Waals surface area (Å²) in [5.74, 6) is -0.163. The molecule has 0 saturated carbocycles. The molecule has 1 aromatic carbocycles. The first-order valence-corrected chi connectivity index (χ1v) is 4.61. The third-order valence-electron chi connectivity index (χ3n) is 2.12. The predicted octanol–water partition coefficient (Wildman–Crippen LogP) is 2.53. The fraction of sp³-hybridized carbons (Fsp3) is 0.333. The molecular weight excluding hydrogens is 221 g/mol. The van der Waals surface area contributed by atoms with Crippen molar-refractivity contribution in [2.24, 2.45) is 0 Å². The Morgan fingerprint density at radius 1 is 1.33 bits per heavy atom. The highest BCUT2D eigenvalue weighted by molar-refractivity contribution is 9.10. The number of rotatable bonds is 0. The van der Waals surface area contributed by atoms with Crippen molar-refractivity contribution in [2.75, 3.05) is 7.05 Å². The van der Waals surface area contributed by atoms with E-state index in [4.69, 9.17) is 0 Å². The zero-order valence-electron chi connectivity index (χ0n) is 6.77. The largest absolute Gasteiger partial charge is 0.298 e. The highest BCUT2D eigenvalue weighted by Crippen LogP contribution is 2.26. The second-order valence-electron chi connectivity index (χ2n) is 3.21. The summed E-state index contributed by atoms with van der Waals surface area (Å²) in [5, 5.41) is 0. The molecule has 0 bridgehead atoms. The number of hydrogen-bond acceptors (Lipinski definition) is 1. The quantitative estimate of drug-likeness (QED) is 0.661. The van der Waals surface area contributed by atoms with Crippen molar-refractivity contribution in [2.45, 2.75) is 13.1 Å². The monoisotopic (exact) mass is 229 g/mol. The Balaban J connectivity index is 2.48. The Kier molecular flexibility index (Phi) is 1.93. The van der Waals surface area contributed by atoms with Crippen LogP contribution in [-0.2, 0) is 13.1 Å². The molecule has 0 N–H and O–H groups in total. The van der Waals surface area contributed by atoms with Crippen molar-refractivity contribution >= 4 is 15.9 Å². The van der Waals surface area contributed by atoms with E-state index in [1.807, 2.05) is 13.1 Å². The lowest BCUT2D eigenvalue weighted by atomic mass is 10.1. The molecule has 1 aliphatic heterocycles. The smallest absolute Gasteiger partial charge is 0.137 e. The molecule has 0 unspecified atom stereocenters. The van der Waals surface area contributed by atoms with Crippen LogP contribution in [0.15, 0.2) is 16.6 Å². The van der Waals surface area contributed by atoms with Gasteiger partial charge in [-0.2, -0.15) is 0 Å². The second-order valence-corrected chi connectivity index (χ2v) is 4.06. The van der Waals surface area contributed by atoms with Crippen molar-refractivity contribution < 1.29 is 4.39 Å². The van der Waals surface area contributed by atoms with Gasteiger partial charge in [-0.05, 0) is 46.2 Å². The van der Waals surface area contributed by atoms with Crippen molar-refractivity contribution in [1.82, 2.24) is 4.90 Å². The second kappa shape index (κ2) is 2.82. The standard InChI is InChI=1S/C9H9BrFN/c1-12-4-6-2-8(10)9(11)3-7(6)5-12/h2-3H,4-5H2,1H3. The average Bonchev–Trinajstić information content (AvgIpc) is 2.30. The molecule has 0 saturated heterocycles. The summed E-state index contributed by atoms with van der Waals surface area (Å²) >= 11 is 3.18. The summed E-state index contributed by atoms with van der Waals surface area (Å²) in [6, 6.07) is 3.48. The van der Waals surface area contributed by atoms with Crippen molar-refractivity contribution in [1.29, 1.82) is 0 Å². The maximum Gasteiger partial charge on any atom is 0.137 e. The number of nitrogens with zero attached hydrogens (tertiary/aromatic N) is 1. The van der Waals surface area contributed by atoms with Gasteiger partial charge in [0.05, 0.1) is 4.47 Å². The third kappa shape index (κ3) is 1.27. The zero-order chi connectivity index (χ0) is 8.72. The lowest BCUT2D eigenvalue weighted by Gasteiger charge is -2.02. The van der Waals surface area contributed by atoms with Gasteiger partial charge in [-0.1, -0.05) is 0 Å². The molecule has 2 rings (SSSR count). The van der Waals surface area contributed by atoms with E-state index in [-0.39, 0.29) is 5.82 Å². The summed E-state index contributed by atoms with van der Waals surface area (Å²) in [5.41, 5.74) is 2.34. The lowest BCUT2D eigenvalue weighted by molar-refractivity contribution is 0.353. The van der Waals surface area contributed by atoms with E-state index >= 15 is 0 Å². The summed E-state index contributed by atoms with van der Waals surface area (Å²) < 4.78 is 13.6. The fourth-order valence-electron chi connectivity index (χ4n) is 1.56. The SMILES string of the molecule is CN1Cc2cc(F)c(Br)cc2C1. The van der Waals surface area contributed by atoms with E-state index in [2.05, 4.69) is 20.8 Å². The first-order chi connectivity index (χ1) is 5.66. The van der Waals surface area contributed by atoms with Crippen LogP contribution in [0, 0.1) is 5.82 Å². The normalized spacial score (nSPS) is 16.6. The molecule has 0 aliphatic carbocycles. The molecule has 64 valence electrons. The number of fused-ring (bicyclic) bond motifs is 1. The lowest BCUT2D eigenvalue weighted by Crippen LogP contribution is -2.07. The van der Waals surface area contributed by atoms with Gasteiger partial charge in [0, 0.05) is 13.1 Å². The average molecular weight is 230 g/mol. The molecule has 0 fully saturated rings. The fourth-order valence-corrected chi connectivity index (χ4v) is 1.95. The van der Waals surface area contributed by atoms with Gasteiger partial charge in [0.15, 0.2) is 0 Å². The Morgan fingerprint density at radius 2 is 1.92 bits per heavy atom. The molecule has 0 amide bonds. The first-order valence-electron chi connectivity index (χ1n) is 3.82. The van der Waals surface area contributed by atoms with Gasteiger partial charge in [0.2, 0.25) is 0 Å². The van der Waals surface area contributed by atoms with Gasteiger partial charge in [-0.25, -0.2) is 4.39 Å². The number of hydrogen-bond donors (Lipinski definition) is 0. The van der Waals surface area contributed by atoms with Gasteiger partial charge >= 0.3 is 0 Å². The van der Waals surface area contributed by atoms with Gasteiger partial charge in [0.1, 0.15) is 5.82 Å². The van der Waals surface area contributed by atoms with E-state index in [0.717, 1.165) is 18.7 Å². The van der Waals surface area contributed by atoms with E-state index in [0.29, 0.717) is 4.47 Å². The maximum atomic E-state index is 13.0. The third-order valence-corrected chi connectivity index (χ3v) is 2.73. The van der Waals surface area contributed by atoms with Crippen LogP contribution in [0.25, 0.3) is 0 Å². The minimum Gasteiger partial charge on any atom is -0.298 e. The van der Waals surface area contributed by atoms with Crippen LogP contribution in [0.4, 0.5) is 4.39 Å². The van der Waals surface area contributed by atoms with E-state index in [9.17, 15) is 4.39 Å². The molecule has 0 aromatic heterocycles. The minimum atomic E-state index is -0.163. The van der Waals surface area contributed by atoms with Gasteiger partial charge in [-0.3, -0.25) is 4.90 Å². The summed E-state index contributed by atoms with van der Waals surface area (Å²) in [6.45, 7) is 1.79. The van der Waals surface area contributed by atoms with E-state index in [1.54, 1.807) is 6.07 Å². The van der Waals surface area contributed by atoms with E-state index < -0.39 is 0 Å². The molecule has 1 aliphatic rings. The molecule has 0 radical (unpaired) electrons. The number of halogens is 2. The highest BCUT2D eigenvalue weighted by atomic mass is 79.9. The van der Waals surface area contributed by atoms with Crippen molar-refractivity contribution in [3.05, 3.63) is 33.5 Å². The molecule has 1 nitrogen and oxygen atoms in total. The first kappa shape index (κ1) is 8.20. The molecule has 3 heteroatoms. The van der Waals surface area contributed by atoms with Crippen LogP contribution < -0.4 is 0 Å². The maximum absolute atomic E-state index is 13.0. The van der Waals surface area contributed by atoms with E-state index in [1.165, 1.54) is 5.56 Å². The Bertz CT molecular complexity index is 294. The number of benzene rings is 1. The van der Waals surface area contributed by atoms with Crippen LogP contribution in [-0.4, -0.2) is 11.9 Å². The molecule has 12 heavy (non-hydrogen) atoms. The Hall–Kier alpha value is -0.410. The summed E-state index contributed by atoms with van der Waals surface area (Å²) in [7, 11) is 2.03. The van der Waals surface area contributed by atoms with Crippen LogP contribution >= 0.6 is 15.9 Å². The van der Waals surface area contributed by atoms with Crippen LogP contribution in [0.2, 0.25) is 0 Å². The summed E-state index contributed by atoms with van der Waals surface area (Å²) in [4.78, 5) is 2.16. The van der Waals surface area contributed by atoms with Crippen molar-refractivity contribution in [3.8, 4) is 0 Å². The van der Waals surface area contributed by atoms with Gasteiger partial charge in [-0.15, -0.1) is 0 Å². The van der Waals surface area contributed by atoms with Crippen LogP contribution in [0.1, 0.15) is 11.1 Å². The molecule has 1 heterocycles. The summed E-state index contributed by atoms with van der Waals surface area (Å²) in [6.07, 6.45) is 0. The Labute approximate surface area is 79.3 Å². The Morgan fingerprint density at radius 3 is 2.58 bits per heavy atom. The van der Waals surface area contributed by atoms with Crippen LogP contribution in [0.5, 0.6) is 0 Å². The highest BCUT2D eigenvalue weighted by Gasteiger charge is 2.17.